The van der Waals surface area contributed by atoms with Gasteiger partial charge >= 0.3 is 5.97 Å². The monoisotopic (exact) mass is 501 g/mol. The highest BCUT2D eigenvalue weighted by molar-refractivity contribution is 6.30. The van der Waals surface area contributed by atoms with Gasteiger partial charge in [0.1, 0.15) is 0 Å². The molecule has 11 heteroatoms. The van der Waals surface area contributed by atoms with E-state index in [-0.39, 0.29) is 6.54 Å². The summed E-state index contributed by atoms with van der Waals surface area (Å²) in [5, 5.41) is 31.3. The lowest BCUT2D eigenvalue weighted by Gasteiger charge is -2.23. The zero-order valence-corrected chi connectivity index (χ0v) is 20.1. The van der Waals surface area contributed by atoms with Gasteiger partial charge in [-0.3, -0.25) is 19.4 Å². The number of amides is 2. The highest BCUT2D eigenvalue weighted by atomic mass is 35.5. The number of nitrogens with one attached hydrogen (secondary N) is 4. The molecule has 35 heavy (non-hydrogen) atoms. The molecule has 0 radical (unpaired) electrons. The first-order valence-electron chi connectivity index (χ1n) is 11.0. The van der Waals surface area contributed by atoms with E-state index in [1.54, 1.807) is 50.2 Å². The van der Waals surface area contributed by atoms with Gasteiger partial charge in [0.15, 0.2) is 5.96 Å². The molecule has 0 fully saturated rings. The van der Waals surface area contributed by atoms with E-state index in [2.05, 4.69) is 26.3 Å². The van der Waals surface area contributed by atoms with Crippen molar-refractivity contribution >= 4 is 41.0 Å². The Morgan fingerprint density at radius 2 is 1.97 bits per heavy atom. The lowest BCUT2D eigenvalue weighted by atomic mass is 9.93. The van der Waals surface area contributed by atoms with Gasteiger partial charge in [0, 0.05) is 22.8 Å². The second-order valence-electron chi connectivity index (χ2n) is 8.60. The summed E-state index contributed by atoms with van der Waals surface area (Å²) in [6, 6.07) is 10.5. The molecule has 1 atom stereocenters. The van der Waals surface area contributed by atoms with Crippen LogP contribution in [0.3, 0.4) is 0 Å². The first-order valence-corrected chi connectivity index (χ1v) is 11.4. The molecule has 6 N–H and O–H groups in total. The van der Waals surface area contributed by atoms with Crippen LogP contribution in [0.5, 0.6) is 0 Å². The number of carboxylic acids is 1. The number of rotatable bonds is 9. The van der Waals surface area contributed by atoms with Gasteiger partial charge in [-0.15, -0.1) is 0 Å². The maximum atomic E-state index is 12.6. The molecule has 0 aliphatic carbocycles. The number of aliphatic imine (C=N–C) groups is 1. The minimum absolute atomic E-state index is 0.296. The fourth-order valence-corrected chi connectivity index (χ4v) is 3.70. The van der Waals surface area contributed by atoms with Crippen LogP contribution >= 0.6 is 11.6 Å². The second kappa shape index (κ2) is 11.2. The summed E-state index contributed by atoms with van der Waals surface area (Å²) in [6.45, 7) is 4.21. The summed E-state index contributed by atoms with van der Waals surface area (Å²) in [5.41, 5.74) is 0.701. The van der Waals surface area contributed by atoms with E-state index in [0.717, 1.165) is 6.54 Å². The molecule has 0 unspecified atom stereocenters. The van der Waals surface area contributed by atoms with Crippen molar-refractivity contribution in [1.82, 2.24) is 16.0 Å². The van der Waals surface area contributed by atoms with Gasteiger partial charge in [0.25, 0.3) is 5.91 Å². The standard InChI is InChI=1S/C24H28ClN5O5/c1-24(2,35)16-8-15(9-17(25)11-16)19(12-21(32)33)30-20(31)13-28-22(34)14-4-3-5-18(10-14)29-23-26-6-7-27-23/h3-5,8-11,19,35H,6-7,12-13H2,1-2H3,(H,28,34)(H,30,31)(H,32,33)(H2,26,27,29)/t19-/m0/s1. The van der Waals surface area contributed by atoms with Gasteiger partial charge < -0.3 is 31.5 Å². The van der Waals surface area contributed by atoms with Crippen molar-refractivity contribution in [2.24, 2.45) is 4.99 Å². The van der Waals surface area contributed by atoms with Gasteiger partial charge in [-0.2, -0.15) is 0 Å². The van der Waals surface area contributed by atoms with Crippen molar-refractivity contribution in [2.75, 3.05) is 25.0 Å². The highest BCUT2D eigenvalue weighted by Gasteiger charge is 2.23. The number of hydrogen-bond acceptors (Lipinski definition) is 7. The Balaban J connectivity index is 1.65. The molecular formula is C24H28ClN5O5. The van der Waals surface area contributed by atoms with Crippen molar-refractivity contribution in [2.45, 2.75) is 31.9 Å². The number of benzene rings is 2. The third-order valence-corrected chi connectivity index (χ3v) is 5.43. The van der Waals surface area contributed by atoms with Crippen LogP contribution in [-0.2, 0) is 15.2 Å². The number of nitrogens with zero attached hydrogens (tertiary/aromatic N) is 1. The largest absolute Gasteiger partial charge is 0.481 e. The molecule has 2 aromatic rings. The number of carboxylic acid groups (broad SMARTS) is 1. The van der Waals surface area contributed by atoms with Crippen LogP contribution in [0.2, 0.25) is 5.02 Å². The predicted molar refractivity (Wildman–Crippen MR) is 133 cm³/mol. The molecule has 0 saturated heterocycles. The van der Waals surface area contributed by atoms with Gasteiger partial charge in [-0.1, -0.05) is 23.7 Å². The highest BCUT2D eigenvalue weighted by Crippen LogP contribution is 2.28. The minimum Gasteiger partial charge on any atom is -0.481 e. The summed E-state index contributed by atoms with van der Waals surface area (Å²) in [4.78, 5) is 40.8. The average molecular weight is 502 g/mol. The third-order valence-electron chi connectivity index (χ3n) is 5.21. The van der Waals surface area contributed by atoms with Crippen LogP contribution in [0.15, 0.2) is 47.5 Å². The predicted octanol–water partition coefficient (Wildman–Crippen LogP) is 2.00. The number of aliphatic carboxylic acids is 1. The zero-order chi connectivity index (χ0) is 25.6. The first-order chi connectivity index (χ1) is 16.5. The van der Waals surface area contributed by atoms with E-state index in [9.17, 15) is 24.6 Å². The molecule has 0 aromatic heterocycles. The van der Waals surface area contributed by atoms with Gasteiger partial charge in [0.05, 0.1) is 31.2 Å². The SMILES string of the molecule is CC(C)(O)c1cc(Cl)cc([C@H](CC(=O)O)NC(=O)CNC(=O)c2cccc(NC3=NCCN3)c2)c1. The van der Waals surface area contributed by atoms with Gasteiger partial charge in [-0.25, -0.2) is 0 Å². The molecule has 2 aromatic carbocycles. The summed E-state index contributed by atoms with van der Waals surface area (Å²) in [7, 11) is 0. The zero-order valence-electron chi connectivity index (χ0n) is 19.4. The molecule has 186 valence electrons. The third kappa shape index (κ3) is 7.69. The first kappa shape index (κ1) is 26.0. The van der Waals surface area contributed by atoms with Crippen LogP contribution in [0.25, 0.3) is 0 Å². The number of aliphatic hydroxyl groups is 1. The van der Waals surface area contributed by atoms with Gasteiger partial charge in [0.2, 0.25) is 5.91 Å². The summed E-state index contributed by atoms with van der Waals surface area (Å²) >= 11 is 6.17. The Labute approximate surface area is 207 Å². The van der Waals surface area contributed by atoms with Gasteiger partial charge in [-0.05, 0) is 55.3 Å². The number of carbonyl (C=O) groups is 3. The molecule has 0 bridgehead atoms. The molecule has 1 aliphatic heterocycles. The van der Waals surface area contributed by atoms with Crippen LogP contribution in [0.1, 0.15) is 47.8 Å². The number of guanidine groups is 1. The van der Waals surface area contributed by atoms with E-state index >= 15 is 0 Å². The van der Waals surface area contributed by atoms with E-state index in [0.29, 0.717) is 39.9 Å². The molecule has 0 spiro atoms. The van der Waals surface area contributed by atoms with Crippen LogP contribution in [0.4, 0.5) is 5.69 Å². The number of carbonyl (C=O) groups excluding carboxylic acids is 2. The number of anilines is 1. The summed E-state index contributed by atoms with van der Waals surface area (Å²) in [6.07, 6.45) is -0.406. The topological polar surface area (TPSA) is 152 Å². The minimum atomic E-state index is -1.21. The lowest BCUT2D eigenvalue weighted by Crippen LogP contribution is -2.39. The average Bonchev–Trinajstić information content (AvgIpc) is 3.29. The van der Waals surface area contributed by atoms with Crippen molar-refractivity contribution in [3.8, 4) is 0 Å². The molecular weight excluding hydrogens is 474 g/mol. The molecule has 10 nitrogen and oxygen atoms in total. The fourth-order valence-electron chi connectivity index (χ4n) is 3.46. The van der Waals surface area contributed by atoms with E-state index < -0.39 is 35.8 Å². The number of halogens is 1. The lowest BCUT2D eigenvalue weighted by molar-refractivity contribution is -0.137. The van der Waals surface area contributed by atoms with Crippen LogP contribution < -0.4 is 21.3 Å². The van der Waals surface area contributed by atoms with Crippen molar-refractivity contribution in [3.05, 3.63) is 64.2 Å². The van der Waals surface area contributed by atoms with E-state index in [1.807, 2.05) is 0 Å². The normalized spacial score (nSPS) is 13.9. The molecule has 3 rings (SSSR count). The van der Waals surface area contributed by atoms with Crippen molar-refractivity contribution in [3.63, 3.8) is 0 Å². The van der Waals surface area contributed by atoms with Crippen molar-refractivity contribution in [1.29, 1.82) is 0 Å². The Morgan fingerprint density at radius 3 is 2.63 bits per heavy atom. The van der Waals surface area contributed by atoms with E-state index in [1.165, 1.54) is 6.07 Å². The molecule has 0 saturated carbocycles. The molecule has 2 amide bonds. The fraction of sp³-hybridized carbons (Fsp3) is 0.333. The summed E-state index contributed by atoms with van der Waals surface area (Å²) < 4.78 is 0. The second-order valence-corrected chi connectivity index (χ2v) is 9.03. The Morgan fingerprint density at radius 1 is 1.20 bits per heavy atom. The van der Waals surface area contributed by atoms with E-state index in [4.69, 9.17) is 11.6 Å². The maximum absolute atomic E-state index is 12.6. The smallest absolute Gasteiger partial charge is 0.305 e. The Bertz CT molecular complexity index is 1150. The number of hydrogen-bond donors (Lipinski definition) is 6. The summed E-state index contributed by atoms with van der Waals surface area (Å²) in [5.74, 6) is -1.55. The maximum Gasteiger partial charge on any atom is 0.305 e. The molecule has 1 aliphatic rings. The molecule has 1 heterocycles. The van der Waals surface area contributed by atoms with Crippen LogP contribution in [0, 0.1) is 0 Å². The Kier molecular flexibility index (Phi) is 8.31. The quantitative estimate of drug-likeness (QED) is 0.307. The van der Waals surface area contributed by atoms with Crippen molar-refractivity contribution < 1.29 is 24.6 Å². The van der Waals surface area contributed by atoms with Crippen LogP contribution in [-0.4, -0.2) is 53.6 Å². The Hall–Kier alpha value is -3.63.